The van der Waals surface area contributed by atoms with Crippen LogP contribution in [0, 0.1) is 11.8 Å². The zero-order valence-corrected chi connectivity index (χ0v) is 29.5. The van der Waals surface area contributed by atoms with Crippen molar-refractivity contribution in [3.05, 3.63) is 204 Å². The number of hydrogen-bond donors (Lipinski definition) is 0. The molecule has 0 N–H and O–H groups in total. The number of ether oxygens (including phenoxy) is 1. The third-order valence-corrected chi connectivity index (χ3v) is 12.3. The Morgan fingerprint density at radius 1 is 0.481 bits per heavy atom. The number of benzene rings is 7. The summed E-state index contributed by atoms with van der Waals surface area (Å²) in [5, 5.41) is 9.73. The van der Waals surface area contributed by atoms with Crippen LogP contribution in [0.25, 0.3) is 71.0 Å². The highest BCUT2D eigenvalue weighted by Gasteiger charge is 2.36. The van der Waals surface area contributed by atoms with E-state index in [1.54, 1.807) is 0 Å². The SMILES string of the molecule is C1=CC2C(c3ccccc3)=CC=C(c3c4ccccc4c(C4=CC=C5Oc6c(ccc7cc8oc9ccccc9c8cc67)C5C4)c4ccccc34)C2C=C1. The van der Waals surface area contributed by atoms with Crippen molar-refractivity contribution in [1.82, 2.24) is 0 Å². The minimum absolute atomic E-state index is 0.154. The Hall–Kier alpha value is -6.64. The number of allylic oxidation sites excluding steroid dienone is 12. The van der Waals surface area contributed by atoms with Crippen LogP contribution in [0.15, 0.2) is 186 Å². The molecule has 254 valence electrons. The fourth-order valence-electron chi connectivity index (χ4n) is 9.84. The van der Waals surface area contributed by atoms with Crippen molar-refractivity contribution in [2.45, 2.75) is 12.3 Å². The maximum atomic E-state index is 6.77. The molecule has 2 nitrogen and oxygen atoms in total. The molecule has 0 spiro atoms. The summed E-state index contributed by atoms with van der Waals surface area (Å²) in [5.74, 6) is 2.68. The molecule has 0 amide bonds. The van der Waals surface area contributed by atoms with Crippen LogP contribution in [0.1, 0.15) is 34.6 Å². The van der Waals surface area contributed by atoms with Gasteiger partial charge in [0, 0.05) is 39.5 Å². The van der Waals surface area contributed by atoms with Gasteiger partial charge in [-0.3, -0.25) is 0 Å². The molecular formula is C52H34O2. The van der Waals surface area contributed by atoms with Crippen molar-refractivity contribution in [2.24, 2.45) is 11.8 Å². The average Bonchev–Trinajstić information content (AvgIpc) is 3.79. The van der Waals surface area contributed by atoms with Crippen LogP contribution in [-0.4, -0.2) is 0 Å². The molecule has 2 heterocycles. The summed E-state index contributed by atoms with van der Waals surface area (Å²) >= 11 is 0. The molecule has 12 rings (SSSR count). The van der Waals surface area contributed by atoms with Crippen LogP contribution in [0.4, 0.5) is 0 Å². The van der Waals surface area contributed by atoms with E-state index in [-0.39, 0.29) is 17.8 Å². The highest BCUT2D eigenvalue weighted by molar-refractivity contribution is 6.17. The van der Waals surface area contributed by atoms with E-state index in [1.165, 1.54) is 60.5 Å². The molecule has 1 aromatic heterocycles. The summed E-state index contributed by atoms with van der Waals surface area (Å²) in [5.41, 5.74) is 11.1. The molecule has 4 aliphatic rings. The second-order valence-electron chi connectivity index (χ2n) is 15.0. The Bertz CT molecular complexity index is 3050. The largest absolute Gasteiger partial charge is 0.460 e. The second kappa shape index (κ2) is 11.4. The Labute approximate surface area is 313 Å². The van der Waals surface area contributed by atoms with Crippen molar-refractivity contribution >= 4 is 71.0 Å². The maximum absolute atomic E-state index is 6.77. The van der Waals surface area contributed by atoms with Gasteiger partial charge in [0.15, 0.2) is 0 Å². The fourth-order valence-corrected chi connectivity index (χ4v) is 9.84. The molecule has 0 bridgehead atoms. The lowest BCUT2D eigenvalue weighted by atomic mass is 9.70. The second-order valence-corrected chi connectivity index (χ2v) is 15.0. The van der Waals surface area contributed by atoms with Crippen LogP contribution in [0.2, 0.25) is 0 Å². The summed E-state index contributed by atoms with van der Waals surface area (Å²) in [6, 6.07) is 46.2. The van der Waals surface area contributed by atoms with E-state index in [0.29, 0.717) is 0 Å². The van der Waals surface area contributed by atoms with Gasteiger partial charge in [0.05, 0.1) is 0 Å². The van der Waals surface area contributed by atoms with Gasteiger partial charge in [0.1, 0.15) is 22.7 Å². The van der Waals surface area contributed by atoms with E-state index in [9.17, 15) is 0 Å². The molecule has 1 aliphatic heterocycles. The van der Waals surface area contributed by atoms with Gasteiger partial charge in [0.2, 0.25) is 0 Å². The van der Waals surface area contributed by atoms with Crippen LogP contribution < -0.4 is 4.74 Å². The van der Waals surface area contributed by atoms with Gasteiger partial charge in [-0.05, 0) is 91.0 Å². The molecule has 54 heavy (non-hydrogen) atoms. The van der Waals surface area contributed by atoms with Gasteiger partial charge >= 0.3 is 0 Å². The maximum Gasteiger partial charge on any atom is 0.138 e. The zero-order chi connectivity index (χ0) is 35.3. The van der Waals surface area contributed by atoms with Crippen molar-refractivity contribution in [2.75, 3.05) is 0 Å². The molecular weight excluding hydrogens is 657 g/mol. The van der Waals surface area contributed by atoms with Crippen molar-refractivity contribution < 1.29 is 9.15 Å². The third-order valence-electron chi connectivity index (χ3n) is 12.3. The number of furan rings is 1. The summed E-state index contributed by atoms with van der Waals surface area (Å²) < 4.78 is 13.0. The number of fused-ring (bicyclic) bond motifs is 11. The molecule has 3 aliphatic carbocycles. The molecule has 0 saturated carbocycles. The Balaban J connectivity index is 1.00. The first kappa shape index (κ1) is 29.9. The monoisotopic (exact) mass is 690 g/mol. The molecule has 0 saturated heterocycles. The van der Waals surface area contributed by atoms with Gasteiger partial charge in [-0.1, -0.05) is 152 Å². The van der Waals surface area contributed by atoms with Gasteiger partial charge in [-0.25, -0.2) is 0 Å². The van der Waals surface area contributed by atoms with Gasteiger partial charge < -0.3 is 9.15 Å². The lowest BCUT2D eigenvalue weighted by molar-refractivity contribution is 0.430. The smallest absolute Gasteiger partial charge is 0.138 e. The summed E-state index contributed by atoms with van der Waals surface area (Å²) in [6.45, 7) is 0. The number of para-hydroxylation sites is 1. The molecule has 8 aromatic rings. The van der Waals surface area contributed by atoms with Crippen molar-refractivity contribution in [3.8, 4) is 5.75 Å². The van der Waals surface area contributed by atoms with Crippen LogP contribution in [0.3, 0.4) is 0 Å². The number of rotatable bonds is 3. The first-order valence-corrected chi connectivity index (χ1v) is 19.0. The minimum atomic E-state index is 0.154. The minimum Gasteiger partial charge on any atom is -0.460 e. The van der Waals surface area contributed by atoms with Crippen LogP contribution in [-0.2, 0) is 0 Å². The van der Waals surface area contributed by atoms with E-state index in [4.69, 9.17) is 9.15 Å². The Morgan fingerprint density at radius 3 is 1.89 bits per heavy atom. The van der Waals surface area contributed by atoms with Crippen molar-refractivity contribution in [3.63, 3.8) is 0 Å². The van der Waals surface area contributed by atoms with E-state index in [1.807, 2.05) is 12.1 Å². The third kappa shape index (κ3) is 4.28. The highest BCUT2D eigenvalue weighted by Crippen LogP contribution is 2.54. The molecule has 0 radical (unpaired) electrons. The Kier molecular flexibility index (Phi) is 6.32. The lowest BCUT2D eigenvalue weighted by Gasteiger charge is -2.33. The van der Waals surface area contributed by atoms with Crippen LogP contribution >= 0.6 is 0 Å². The zero-order valence-electron chi connectivity index (χ0n) is 29.5. The molecule has 7 aromatic carbocycles. The normalized spacial score (nSPS) is 20.0. The quantitative estimate of drug-likeness (QED) is 0.172. The van der Waals surface area contributed by atoms with Gasteiger partial charge in [0.25, 0.3) is 0 Å². The first-order chi connectivity index (χ1) is 26.8. The average molecular weight is 691 g/mol. The predicted octanol–water partition coefficient (Wildman–Crippen LogP) is 13.7. The molecule has 3 unspecified atom stereocenters. The molecule has 2 heteroatoms. The lowest BCUT2D eigenvalue weighted by Crippen LogP contribution is -2.19. The Morgan fingerprint density at radius 2 is 1.13 bits per heavy atom. The number of hydrogen-bond acceptors (Lipinski definition) is 2. The predicted molar refractivity (Wildman–Crippen MR) is 224 cm³/mol. The van der Waals surface area contributed by atoms with Crippen molar-refractivity contribution in [1.29, 1.82) is 0 Å². The summed E-state index contributed by atoms with van der Waals surface area (Å²) in [6.07, 6.45) is 19.4. The fraction of sp³-hybridized carbons (Fsp3) is 0.0769. The standard InChI is InChI=1S/C52H34O2/c1-2-12-31(13-3-1)34-25-26-42(36-15-5-4-14-35(34)36)51-40-19-8-6-17-38(40)50(39-18-7-9-20-41(39)51)33-23-27-48-45(28-33)43-24-22-32-29-49-46(30-44(32)52(43)54-48)37-16-10-11-21-47(37)53-49/h1-27,29-30,35-36,45H,28H2. The van der Waals surface area contributed by atoms with Gasteiger partial charge in [-0.15, -0.1) is 0 Å². The van der Waals surface area contributed by atoms with Crippen LogP contribution in [0.5, 0.6) is 5.75 Å². The van der Waals surface area contributed by atoms with E-state index in [0.717, 1.165) is 50.6 Å². The first-order valence-electron chi connectivity index (χ1n) is 19.0. The van der Waals surface area contributed by atoms with Gasteiger partial charge in [-0.2, -0.15) is 0 Å². The van der Waals surface area contributed by atoms with E-state index >= 15 is 0 Å². The highest BCUT2D eigenvalue weighted by atomic mass is 16.5. The molecule has 3 atom stereocenters. The summed E-state index contributed by atoms with van der Waals surface area (Å²) in [7, 11) is 0. The summed E-state index contributed by atoms with van der Waals surface area (Å²) in [4.78, 5) is 0. The van der Waals surface area contributed by atoms with E-state index in [2.05, 4.69) is 164 Å². The topological polar surface area (TPSA) is 22.4 Å². The molecule has 0 fully saturated rings. The van der Waals surface area contributed by atoms with E-state index < -0.39 is 0 Å².